The van der Waals surface area contributed by atoms with Crippen molar-refractivity contribution in [1.82, 2.24) is 0 Å². The summed E-state index contributed by atoms with van der Waals surface area (Å²) in [6, 6.07) is 0. The van der Waals surface area contributed by atoms with Gasteiger partial charge in [0.15, 0.2) is 24.8 Å². The molecule has 5 aliphatic carbocycles. The van der Waals surface area contributed by atoms with Crippen molar-refractivity contribution in [3.05, 3.63) is 0 Å². The van der Waals surface area contributed by atoms with Crippen LogP contribution in [0.4, 0.5) is 0 Å². The second-order valence-electron chi connectivity index (χ2n) is 22.1. The van der Waals surface area contributed by atoms with Gasteiger partial charge < -0.3 is 74.4 Å². The fourth-order valence-corrected chi connectivity index (χ4v) is 14.9. The summed E-state index contributed by atoms with van der Waals surface area (Å²) < 4.78 is 34.7. The molecule has 2 aliphatic heterocycles. The first-order chi connectivity index (χ1) is 28.6. The average Bonchev–Trinajstić information content (AvgIpc) is 3.76. The minimum atomic E-state index is -1.55. The summed E-state index contributed by atoms with van der Waals surface area (Å²) in [4.78, 5) is 23.9. The summed E-state index contributed by atoms with van der Waals surface area (Å²) in [6.45, 7) is 15.0. The lowest BCUT2D eigenvalue weighted by molar-refractivity contribution is -0.327. The monoisotopic (exact) mass is 886 g/mol. The first-order valence-electron chi connectivity index (χ1n) is 22.7. The SMILES string of the molecule is CC(=O)O[C@@H]1[C@@H](OC(C)=O)[C@H](OC(C)(C)[C@H](O)CC[C@](C)(O)[C@H]2[C@@H](O)C[C@@]3(C)[C@@H]4[C@@H](O)C[C@H]5C(C)(C)[C@@H](O[C@@H]6O[C@H](CO)[C@@H](O)[C@H](O)[C@H]6O)CC[C@@]56C[C@@]46CC[C@]23C)OC[C@H]1O. The molecular formula is C45H74O17. The van der Waals surface area contributed by atoms with Crippen molar-refractivity contribution in [2.45, 2.75) is 211 Å². The number of fused-ring (bicyclic) bond motifs is 2. The van der Waals surface area contributed by atoms with Crippen molar-refractivity contribution in [2.24, 2.45) is 44.8 Å². The molecule has 7 fully saturated rings. The Bertz CT molecular complexity index is 1670. The number of esters is 2. The van der Waals surface area contributed by atoms with Gasteiger partial charge in [0.2, 0.25) is 0 Å². The van der Waals surface area contributed by atoms with E-state index in [0.717, 1.165) is 33.1 Å². The van der Waals surface area contributed by atoms with Gasteiger partial charge in [-0.2, -0.15) is 0 Å². The molecule has 356 valence electrons. The highest BCUT2D eigenvalue weighted by molar-refractivity contribution is 5.67. The standard InChI is InChI=1S/C45H74O17/c1-21(47)58-33-25(51)19-57-38(34(33)59-22(2)48)62-40(5,6)28(52)10-12-43(9,56)35-24(50)17-42(8)36-23(49)16-27-39(3,4)29(61-37-32(55)31(54)30(53)26(18-46)60-37)11-13-44(27)20-45(36,44)15-14-41(35,42)7/h23-38,46,49-56H,10-20H2,1-9H3/t23-,24-,25+,26+,27-,28+,29-,30+,31-,32+,33-,34+,35-,36-,37-,38-,41+,42-,43-,44+,45-/m0/s1. The molecule has 7 aliphatic rings. The first-order valence-corrected chi connectivity index (χ1v) is 22.7. The highest BCUT2D eigenvalue weighted by atomic mass is 16.7. The van der Waals surface area contributed by atoms with E-state index < -0.39 is 132 Å². The molecule has 2 heterocycles. The normalized spacial score (nSPS) is 49.9. The number of ether oxygens (including phenoxy) is 6. The number of carbonyl (C=O) groups excluding carboxylic acids is 2. The smallest absolute Gasteiger partial charge is 0.303 e. The van der Waals surface area contributed by atoms with Crippen LogP contribution in [0.3, 0.4) is 0 Å². The molecule has 5 saturated carbocycles. The van der Waals surface area contributed by atoms with Crippen LogP contribution in [-0.4, -0.2) is 162 Å². The number of aliphatic hydroxyl groups excluding tert-OH is 8. The summed E-state index contributed by atoms with van der Waals surface area (Å²) in [7, 11) is 0. The third kappa shape index (κ3) is 7.48. The van der Waals surface area contributed by atoms with Gasteiger partial charge in [0.1, 0.15) is 30.5 Å². The van der Waals surface area contributed by atoms with Crippen LogP contribution in [0.25, 0.3) is 0 Å². The molecule has 2 saturated heterocycles. The molecule has 21 atom stereocenters. The fourth-order valence-electron chi connectivity index (χ4n) is 14.9. The highest BCUT2D eigenvalue weighted by Crippen LogP contribution is 2.89. The minimum Gasteiger partial charge on any atom is -0.455 e. The minimum absolute atomic E-state index is 0.0519. The van der Waals surface area contributed by atoms with Gasteiger partial charge in [0.25, 0.3) is 0 Å². The van der Waals surface area contributed by atoms with Gasteiger partial charge in [-0.15, -0.1) is 0 Å². The molecule has 0 bridgehead atoms. The molecule has 62 heavy (non-hydrogen) atoms. The number of hydrogen-bond donors (Lipinski definition) is 9. The van der Waals surface area contributed by atoms with Crippen LogP contribution in [0.1, 0.15) is 120 Å². The third-order valence-electron chi connectivity index (χ3n) is 18.0. The maximum Gasteiger partial charge on any atom is 0.303 e. The van der Waals surface area contributed by atoms with Gasteiger partial charge in [-0.1, -0.05) is 27.7 Å². The van der Waals surface area contributed by atoms with E-state index in [-0.39, 0.29) is 42.1 Å². The molecule has 0 radical (unpaired) electrons. The molecule has 9 N–H and O–H groups in total. The lowest BCUT2D eigenvalue weighted by Crippen LogP contribution is -2.64. The summed E-state index contributed by atoms with van der Waals surface area (Å²) in [5, 5.41) is 100. The van der Waals surface area contributed by atoms with Crippen LogP contribution in [0.5, 0.6) is 0 Å². The molecule has 0 aromatic rings. The quantitative estimate of drug-likeness (QED) is 0.0970. The fraction of sp³-hybridized carbons (Fsp3) is 0.956. The Morgan fingerprint density at radius 1 is 0.806 bits per heavy atom. The van der Waals surface area contributed by atoms with E-state index >= 15 is 0 Å². The van der Waals surface area contributed by atoms with E-state index in [9.17, 15) is 55.5 Å². The van der Waals surface area contributed by atoms with Crippen LogP contribution in [0.15, 0.2) is 0 Å². The molecule has 0 amide bonds. The third-order valence-corrected chi connectivity index (χ3v) is 18.0. The van der Waals surface area contributed by atoms with Gasteiger partial charge in [-0.05, 0) is 117 Å². The van der Waals surface area contributed by atoms with Crippen molar-refractivity contribution in [2.75, 3.05) is 13.2 Å². The summed E-state index contributed by atoms with van der Waals surface area (Å²) in [5.41, 5.74) is -4.69. The van der Waals surface area contributed by atoms with Crippen molar-refractivity contribution < 1.29 is 84.0 Å². The lowest BCUT2D eigenvalue weighted by atomic mass is 9.41. The molecule has 17 heteroatoms. The highest BCUT2D eigenvalue weighted by Gasteiger charge is 2.85. The van der Waals surface area contributed by atoms with Crippen LogP contribution in [-0.2, 0) is 38.0 Å². The van der Waals surface area contributed by atoms with E-state index in [1.54, 1.807) is 20.8 Å². The summed E-state index contributed by atoms with van der Waals surface area (Å²) in [5.74, 6) is -2.10. The van der Waals surface area contributed by atoms with E-state index in [0.29, 0.717) is 25.7 Å². The zero-order chi connectivity index (χ0) is 45.9. The molecule has 7 rings (SSSR count). The van der Waals surface area contributed by atoms with Crippen LogP contribution in [0, 0.1) is 44.8 Å². The maximum atomic E-state index is 12.4. The van der Waals surface area contributed by atoms with Crippen molar-refractivity contribution in [3.63, 3.8) is 0 Å². The van der Waals surface area contributed by atoms with Crippen molar-refractivity contribution in [1.29, 1.82) is 0 Å². The topological polar surface area (TPSA) is 272 Å². The van der Waals surface area contributed by atoms with Crippen molar-refractivity contribution in [3.8, 4) is 0 Å². The maximum absolute atomic E-state index is 12.4. The average molecular weight is 887 g/mol. The molecule has 0 unspecified atom stereocenters. The van der Waals surface area contributed by atoms with Gasteiger partial charge in [0, 0.05) is 19.8 Å². The Kier molecular flexibility index (Phi) is 12.7. The van der Waals surface area contributed by atoms with Crippen LogP contribution in [0.2, 0.25) is 0 Å². The van der Waals surface area contributed by atoms with Crippen molar-refractivity contribution >= 4 is 11.9 Å². The second-order valence-corrected chi connectivity index (χ2v) is 22.1. The largest absolute Gasteiger partial charge is 0.455 e. The van der Waals surface area contributed by atoms with E-state index in [1.165, 1.54) is 0 Å². The number of rotatable bonds is 12. The predicted octanol–water partition coefficient (Wildman–Crippen LogP) is 0.820. The predicted molar refractivity (Wildman–Crippen MR) is 216 cm³/mol. The Morgan fingerprint density at radius 2 is 1.45 bits per heavy atom. The van der Waals surface area contributed by atoms with Gasteiger partial charge >= 0.3 is 11.9 Å². The first kappa shape index (κ1) is 48.4. The zero-order valence-corrected chi connectivity index (χ0v) is 37.8. The second kappa shape index (κ2) is 16.3. The molecule has 17 nitrogen and oxygen atoms in total. The van der Waals surface area contributed by atoms with E-state index in [4.69, 9.17) is 28.4 Å². The number of carbonyl (C=O) groups is 2. The van der Waals surface area contributed by atoms with E-state index in [1.807, 2.05) is 0 Å². The van der Waals surface area contributed by atoms with Gasteiger partial charge in [-0.25, -0.2) is 0 Å². The molecule has 0 aromatic carbocycles. The number of hydrogen-bond acceptors (Lipinski definition) is 17. The Hall–Kier alpha value is -1.58. The summed E-state index contributed by atoms with van der Waals surface area (Å²) in [6.07, 6.45) is -10.3. The van der Waals surface area contributed by atoms with Gasteiger partial charge in [-0.3, -0.25) is 9.59 Å². The Morgan fingerprint density at radius 3 is 2.08 bits per heavy atom. The zero-order valence-electron chi connectivity index (χ0n) is 37.8. The molecule has 2 spiro atoms. The Balaban J connectivity index is 1.05. The molecular weight excluding hydrogens is 812 g/mol. The molecule has 0 aromatic heterocycles. The van der Waals surface area contributed by atoms with Crippen LogP contribution < -0.4 is 0 Å². The lowest BCUT2D eigenvalue weighted by Gasteiger charge is -2.65. The summed E-state index contributed by atoms with van der Waals surface area (Å²) >= 11 is 0. The van der Waals surface area contributed by atoms with Crippen LogP contribution >= 0.6 is 0 Å². The number of aliphatic hydroxyl groups is 9. The van der Waals surface area contributed by atoms with E-state index in [2.05, 4.69) is 27.7 Å². The Labute approximate surface area is 364 Å². The van der Waals surface area contributed by atoms with Gasteiger partial charge in [0.05, 0.1) is 48.8 Å².